The first-order valence-corrected chi connectivity index (χ1v) is 11.8. The van der Waals surface area contributed by atoms with E-state index in [2.05, 4.69) is 10.0 Å². The van der Waals surface area contributed by atoms with E-state index >= 15 is 0 Å². The standard InChI is InChI=1S/C18H30N2O3S2/c1-18(2,3)25(22,23)20-16-7-5-14(6-8-16)13-19-15-9-11-17(12-10-15)24(4)21/h9-12,14,16,19-20H,5-8,13H2,1-4H3. The van der Waals surface area contributed by atoms with Crippen LogP contribution in [-0.2, 0) is 21.2 Å². The molecular weight excluding hydrogens is 356 g/mol. The summed E-state index contributed by atoms with van der Waals surface area (Å²) in [6, 6.07) is 7.74. The molecule has 1 fully saturated rings. The van der Waals surface area contributed by atoms with Crippen molar-refractivity contribution in [3.63, 3.8) is 0 Å². The second-order valence-electron chi connectivity index (χ2n) is 7.81. The van der Waals surface area contributed by atoms with E-state index in [4.69, 9.17) is 0 Å². The molecule has 1 aliphatic carbocycles. The van der Waals surface area contributed by atoms with Crippen molar-refractivity contribution in [3.05, 3.63) is 24.3 Å². The van der Waals surface area contributed by atoms with Crippen LogP contribution in [0.2, 0.25) is 0 Å². The van der Waals surface area contributed by atoms with E-state index in [1.165, 1.54) is 0 Å². The molecule has 1 atom stereocenters. The van der Waals surface area contributed by atoms with Crippen LogP contribution in [0.3, 0.4) is 0 Å². The third kappa shape index (κ3) is 5.88. The van der Waals surface area contributed by atoms with E-state index in [1.54, 1.807) is 27.0 Å². The van der Waals surface area contributed by atoms with Gasteiger partial charge in [-0.25, -0.2) is 13.1 Å². The van der Waals surface area contributed by atoms with E-state index in [1.807, 2.05) is 24.3 Å². The highest BCUT2D eigenvalue weighted by atomic mass is 32.2. The molecule has 1 saturated carbocycles. The van der Waals surface area contributed by atoms with Gasteiger partial charge in [0.05, 0.1) is 4.75 Å². The van der Waals surface area contributed by atoms with Crippen LogP contribution in [0.25, 0.3) is 0 Å². The first-order chi connectivity index (χ1) is 11.6. The topological polar surface area (TPSA) is 81.3 Å². The Labute approximate surface area is 155 Å². The molecule has 5 nitrogen and oxygen atoms in total. The van der Waals surface area contributed by atoms with Gasteiger partial charge in [0.1, 0.15) is 6.26 Å². The molecule has 0 aliphatic heterocycles. The van der Waals surface area contributed by atoms with Gasteiger partial charge in [-0.2, -0.15) is 0 Å². The minimum Gasteiger partial charge on any atom is -0.612 e. The molecule has 25 heavy (non-hydrogen) atoms. The molecule has 1 aromatic carbocycles. The van der Waals surface area contributed by atoms with Crippen LogP contribution in [0.15, 0.2) is 29.2 Å². The van der Waals surface area contributed by atoms with Gasteiger partial charge < -0.3 is 9.87 Å². The summed E-state index contributed by atoms with van der Waals surface area (Å²) in [6.07, 6.45) is 5.47. The van der Waals surface area contributed by atoms with E-state index in [-0.39, 0.29) is 6.04 Å². The average molecular weight is 387 g/mol. The zero-order valence-corrected chi connectivity index (χ0v) is 17.2. The van der Waals surface area contributed by atoms with E-state index in [9.17, 15) is 13.0 Å². The van der Waals surface area contributed by atoms with Gasteiger partial charge >= 0.3 is 0 Å². The molecule has 2 N–H and O–H groups in total. The first kappa shape index (κ1) is 20.6. The molecule has 1 unspecified atom stereocenters. The summed E-state index contributed by atoms with van der Waals surface area (Å²) in [7, 11) is -3.27. The van der Waals surface area contributed by atoms with Crippen molar-refractivity contribution in [1.82, 2.24) is 4.72 Å². The number of hydrogen-bond acceptors (Lipinski definition) is 4. The van der Waals surface area contributed by atoms with Crippen molar-refractivity contribution >= 4 is 26.9 Å². The number of benzene rings is 1. The van der Waals surface area contributed by atoms with Crippen molar-refractivity contribution < 1.29 is 13.0 Å². The lowest BCUT2D eigenvalue weighted by atomic mass is 9.86. The predicted octanol–water partition coefficient (Wildman–Crippen LogP) is 3.11. The van der Waals surface area contributed by atoms with Gasteiger partial charge in [0, 0.05) is 18.3 Å². The fourth-order valence-corrected chi connectivity index (χ4v) is 4.45. The summed E-state index contributed by atoms with van der Waals surface area (Å²) in [5, 5.41) is 3.43. The molecule has 1 aromatic rings. The summed E-state index contributed by atoms with van der Waals surface area (Å²) < 4.78 is 38.0. The Morgan fingerprint density at radius 3 is 2.16 bits per heavy atom. The monoisotopic (exact) mass is 386 g/mol. The molecule has 7 heteroatoms. The summed E-state index contributed by atoms with van der Waals surface area (Å²) in [4.78, 5) is 0.831. The number of sulfonamides is 1. The first-order valence-electron chi connectivity index (χ1n) is 8.78. The van der Waals surface area contributed by atoms with Gasteiger partial charge in [0.25, 0.3) is 0 Å². The third-order valence-electron chi connectivity index (χ3n) is 4.76. The minimum atomic E-state index is -3.27. The Kier molecular flexibility index (Phi) is 6.81. The molecule has 0 heterocycles. The van der Waals surface area contributed by atoms with Gasteiger partial charge in [-0.3, -0.25) is 0 Å². The van der Waals surface area contributed by atoms with Crippen molar-refractivity contribution in [2.75, 3.05) is 18.1 Å². The molecular formula is C18H30N2O3S2. The van der Waals surface area contributed by atoms with Gasteiger partial charge in [-0.1, -0.05) is 0 Å². The summed E-state index contributed by atoms with van der Waals surface area (Å²) >= 11 is -0.948. The molecule has 1 aliphatic rings. The van der Waals surface area contributed by atoms with Crippen molar-refractivity contribution in [2.24, 2.45) is 5.92 Å². The van der Waals surface area contributed by atoms with Crippen LogP contribution < -0.4 is 10.0 Å². The van der Waals surface area contributed by atoms with Gasteiger partial charge in [0.15, 0.2) is 4.90 Å². The molecule has 0 spiro atoms. The van der Waals surface area contributed by atoms with Crippen LogP contribution >= 0.6 is 0 Å². The zero-order chi connectivity index (χ0) is 18.7. The van der Waals surface area contributed by atoms with E-state index < -0.39 is 25.9 Å². The molecule has 2 rings (SSSR count). The third-order valence-corrected chi connectivity index (χ3v) is 7.95. The quantitative estimate of drug-likeness (QED) is 0.736. The van der Waals surface area contributed by atoms with Gasteiger partial charge in [-0.05, 0) is 87.8 Å². The van der Waals surface area contributed by atoms with Crippen LogP contribution in [-0.4, -0.2) is 36.6 Å². The van der Waals surface area contributed by atoms with E-state index in [0.717, 1.165) is 42.8 Å². The number of rotatable bonds is 6. The Hall–Kier alpha value is -0.760. The second kappa shape index (κ2) is 8.29. The fraction of sp³-hybridized carbons (Fsp3) is 0.667. The van der Waals surface area contributed by atoms with Crippen LogP contribution in [0, 0.1) is 5.92 Å². The van der Waals surface area contributed by atoms with Gasteiger partial charge in [-0.15, -0.1) is 0 Å². The molecule has 0 amide bonds. The molecule has 0 saturated heterocycles. The molecule has 0 radical (unpaired) electrons. The van der Waals surface area contributed by atoms with Crippen LogP contribution in [0.4, 0.5) is 5.69 Å². The lowest BCUT2D eigenvalue weighted by Gasteiger charge is -2.31. The zero-order valence-electron chi connectivity index (χ0n) is 15.5. The second-order valence-corrected chi connectivity index (χ2v) is 11.7. The maximum Gasteiger partial charge on any atom is 0.216 e. The lowest BCUT2D eigenvalue weighted by molar-refractivity contribution is 0.322. The summed E-state index contributed by atoms with van der Waals surface area (Å²) in [6.45, 7) is 6.06. The Balaban J connectivity index is 1.77. The normalized spacial score (nSPS) is 23.2. The number of anilines is 1. The highest BCUT2D eigenvalue weighted by Gasteiger charge is 2.32. The molecule has 142 valence electrons. The Morgan fingerprint density at radius 2 is 1.68 bits per heavy atom. The maximum atomic E-state index is 12.2. The van der Waals surface area contributed by atoms with Crippen molar-refractivity contribution in [1.29, 1.82) is 0 Å². The SMILES string of the molecule is C[S+]([O-])c1ccc(NCC2CCC(NS(=O)(=O)C(C)(C)C)CC2)cc1. The average Bonchev–Trinajstić information content (AvgIpc) is 2.53. The largest absolute Gasteiger partial charge is 0.612 e. The minimum absolute atomic E-state index is 0.0549. The lowest BCUT2D eigenvalue weighted by Crippen LogP contribution is -2.46. The van der Waals surface area contributed by atoms with Gasteiger partial charge in [0.2, 0.25) is 10.0 Å². The summed E-state index contributed by atoms with van der Waals surface area (Å²) in [5.41, 5.74) is 1.03. The molecule has 0 bridgehead atoms. The van der Waals surface area contributed by atoms with Crippen molar-refractivity contribution in [3.8, 4) is 0 Å². The number of hydrogen-bond donors (Lipinski definition) is 2. The van der Waals surface area contributed by atoms with Crippen molar-refractivity contribution in [2.45, 2.75) is 62.1 Å². The highest BCUT2D eigenvalue weighted by molar-refractivity contribution is 7.91. The van der Waals surface area contributed by atoms with Crippen LogP contribution in [0.5, 0.6) is 0 Å². The Bertz CT molecular complexity index is 644. The van der Waals surface area contributed by atoms with Crippen LogP contribution in [0.1, 0.15) is 46.5 Å². The fourth-order valence-electron chi connectivity index (χ4n) is 2.91. The summed E-state index contributed by atoms with van der Waals surface area (Å²) in [5.74, 6) is 0.551. The van der Waals surface area contributed by atoms with E-state index in [0.29, 0.717) is 5.92 Å². The number of nitrogens with one attached hydrogen (secondary N) is 2. The smallest absolute Gasteiger partial charge is 0.216 e. The highest BCUT2D eigenvalue weighted by Crippen LogP contribution is 2.27. The maximum absolute atomic E-state index is 12.2. The predicted molar refractivity (Wildman–Crippen MR) is 105 cm³/mol. The molecule has 0 aromatic heterocycles. The Morgan fingerprint density at radius 1 is 1.12 bits per heavy atom.